The molecule has 2 aromatic carbocycles. The Kier molecular flexibility index (Phi) is 7.64. The van der Waals surface area contributed by atoms with Crippen molar-refractivity contribution in [3.8, 4) is 0 Å². The van der Waals surface area contributed by atoms with Gasteiger partial charge in [-0.05, 0) is 58.5 Å². The van der Waals surface area contributed by atoms with Gasteiger partial charge in [0, 0.05) is 29.5 Å². The molecule has 6 nitrogen and oxygen atoms in total. The second-order valence-corrected chi connectivity index (χ2v) is 14.0. The summed E-state index contributed by atoms with van der Waals surface area (Å²) in [5.41, 5.74) is 3.85. The zero-order chi connectivity index (χ0) is 27.8. The number of hydrogen-bond acceptors (Lipinski definition) is 5. The molecular formula is C31H35N3O3S2. The van der Waals surface area contributed by atoms with Crippen LogP contribution in [0.1, 0.15) is 61.7 Å². The van der Waals surface area contributed by atoms with Crippen LogP contribution in [0, 0.1) is 0 Å². The Labute approximate surface area is 235 Å². The second kappa shape index (κ2) is 10.8. The van der Waals surface area contributed by atoms with Crippen LogP contribution >= 0.6 is 11.3 Å². The van der Waals surface area contributed by atoms with E-state index in [2.05, 4.69) is 61.5 Å². The molecule has 1 aliphatic rings. The van der Waals surface area contributed by atoms with Gasteiger partial charge >= 0.3 is 0 Å². The predicted octanol–water partition coefficient (Wildman–Crippen LogP) is 6.17. The van der Waals surface area contributed by atoms with Gasteiger partial charge in [-0.3, -0.25) is 9.78 Å². The average Bonchev–Trinajstić information content (AvgIpc) is 3.40. The molecule has 0 N–H and O–H groups in total. The van der Waals surface area contributed by atoms with E-state index in [1.165, 1.54) is 14.7 Å². The Bertz CT molecular complexity index is 1580. The zero-order valence-electron chi connectivity index (χ0n) is 22.9. The Morgan fingerprint density at radius 2 is 1.82 bits per heavy atom. The van der Waals surface area contributed by atoms with E-state index < -0.39 is 10.0 Å². The summed E-state index contributed by atoms with van der Waals surface area (Å²) in [6.45, 7) is 9.06. The van der Waals surface area contributed by atoms with Crippen LogP contribution < -0.4 is 0 Å². The molecule has 0 aliphatic carbocycles. The fourth-order valence-electron chi connectivity index (χ4n) is 5.31. The van der Waals surface area contributed by atoms with E-state index in [4.69, 9.17) is 0 Å². The summed E-state index contributed by atoms with van der Waals surface area (Å²) in [5.74, 6) is -0.193. The highest BCUT2D eigenvalue weighted by Crippen LogP contribution is 2.39. The topological polar surface area (TPSA) is 70.6 Å². The fourth-order valence-corrected chi connectivity index (χ4v) is 7.86. The Morgan fingerprint density at radius 1 is 1.08 bits per heavy atom. The summed E-state index contributed by atoms with van der Waals surface area (Å²) in [7, 11) is -3.95. The molecule has 1 aliphatic heterocycles. The number of amides is 1. The van der Waals surface area contributed by atoms with Gasteiger partial charge in [-0.2, -0.15) is 4.31 Å². The highest BCUT2D eigenvalue weighted by molar-refractivity contribution is 7.89. The highest BCUT2D eigenvalue weighted by Gasteiger charge is 2.36. The standard InChI is InChI=1S/C31H35N3O3S2/c1-5-18-33(39(36,37)27-10-6-8-22-9-7-17-32-29(22)27)21-28(35)34-19-15-26-25(16-20-38-26)30(34)23-11-13-24(14-12-23)31(2,3)4/h6-14,16-17,20,30H,5,15,18-19,21H2,1-4H3. The van der Waals surface area contributed by atoms with Crippen LogP contribution in [0.15, 0.2) is 77.1 Å². The third kappa shape index (κ3) is 5.38. The van der Waals surface area contributed by atoms with E-state index in [9.17, 15) is 13.2 Å². The summed E-state index contributed by atoms with van der Waals surface area (Å²) in [6.07, 6.45) is 2.96. The number of nitrogens with zero attached hydrogens (tertiary/aromatic N) is 3. The number of sulfonamides is 1. The number of hydrogen-bond donors (Lipinski definition) is 0. The normalized spacial score (nSPS) is 16.0. The van der Waals surface area contributed by atoms with Crippen molar-refractivity contribution in [2.24, 2.45) is 0 Å². The maximum atomic E-state index is 14.0. The van der Waals surface area contributed by atoms with Gasteiger partial charge in [0.25, 0.3) is 0 Å². The summed E-state index contributed by atoms with van der Waals surface area (Å²) in [5, 5.41) is 2.83. The lowest BCUT2D eigenvalue weighted by atomic mass is 9.85. The van der Waals surface area contributed by atoms with Crippen molar-refractivity contribution in [1.82, 2.24) is 14.2 Å². The number of para-hydroxylation sites is 1. The number of carbonyl (C=O) groups excluding carboxylic acids is 1. The van der Waals surface area contributed by atoms with E-state index in [-0.39, 0.29) is 35.3 Å². The molecule has 4 aromatic rings. The van der Waals surface area contributed by atoms with E-state index in [0.717, 1.165) is 22.9 Å². The van der Waals surface area contributed by atoms with E-state index in [0.29, 0.717) is 18.5 Å². The molecular weight excluding hydrogens is 526 g/mol. The van der Waals surface area contributed by atoms with E-state index in [1.54, 1.807) is 35.7 Å². The van der Waals surface area contributed by atoms with Gasteiger partial charge in [0.2, 0.25) is 15.9 Å². The molecule has 0 fully saturated rings. The van der Waals surface area contributed by atoms with Crippen LogP contribution in [-0.4, -0.2) is 48.1 Å². The third-order valence-corrected chi connectivity index (χ3v) is 10.3. The number of aromatic nitrogens is 1. The van der Waals surface area contributed by atoms with Gasteiger partial charge < -0.3 is 4.90 Å². The molecule has 0 radical (unpaired) electrons. The van der Waals surface area contributed by atoms with E-state index >= 15 is 0 Å². The van der Waals surface area contributed by atoms with Crippen LogP contribution in [0.4, 0.5) is 0 Å². The molecule has 0 bridgehead atoms. The number of fused-ring (bicyclic) bond motifs is 2. The lowest BCUT2D eigenvalue weighted by Crippen LogP contribution is -2.47. The predicted molar refractivity (Wildman–Crippen MR) is 158 cm³/mol. The average molecular weight is 562 g/mol. The lowest BCUT2D eigenvalue weighted by Gasteiger charge is -2.37. The van der Waals surface area contributed by atoms with Gasteiger partial charge in [-0.25, -0.2) is 8.42 Å². The Hall–Kier alpha value is -3.07. The molecule has 0 spiro atoms. The minimum atomic E-state index is -3.95. The van der Waals surface area contributed by atoms with Crippen LogP contribution in [0.3, 0.4) is 0 Å². The quantitative estimate of drug-likeness (QED) is 0.271. The molecule has 5 rings (SSSR count). The molecule has 39 heavy (non-hydrogen) atoms. The van der Waals surface area contributed by atoms with E-state index in [1.807, 2.05) is 24.0 Å². The first-order chi connectivity index (χ1) is 18.6. The highest BCUT2D eigenvalue weighted by atomic mass is 32.2. The molecule has 1 atom stereocenters. The van der Waals surface area contributed by atoms with Gasteiger partial charge in [-0.15, -0.1) is 11.3 Å². The van der Waals surface area contributed by atoms with Crippen LogP contribution in [-0.2, 0) is 26.7 Å². The first-order valence-corrected chi connectivity index (χ1v) is 15.7. The zero-order valence-corrected chi connectivity index (χ0v) is 24.6. The van der Waals surface area contributed by atoms with Gasteiger partial charge in [0.15, 0.2) is 0 Å². The maximum Gasteiger partial charge on any atom is 0.245 e. The van der Waals surface area contributed by atoms with Crippen molar-refractivity contribution in [2.45, 2.75) is 56.9 Å². The fraction of sp³-hybridized carbons (Fsp3) is 0.355. The van der Waals surface area contributed by atoms with Crippen molar-refractivity contribution in [2.75, 3.05) is 19.6 Å². The molecule has 3 heterocycles. The van der Waals surface area contributed by atoms with Crippen LogP contribution in [0.2, 0.25) is 0 Å². The Morgan fingerprint density at radius 3 is 2.54 bits per heavy atom. The molecule has 1 amide bonds. The summed E-state index contributed by atoms with van der Waals surface area (Å²) >= 11 is 1.72. The summed E-state index contributed by atoms with van der Waals surface area (Å²) in [4.78, 5) is 21.6. The second-order valence-electron chi connectivity index (χ2n) is 11.1. The van der Waals surface area contributed by atoms with Crippen molar-refractivity contribution < 1.29 is 13.2 Å². The van der Waals surface area contributed by atoms with Crippen molar-refractivity contribution >= 4 is 38.2 Å². The van der Waals surface area contributed by atoms with Gasteiger partial charge in [0.05, 0.1) is 18.1 Å². The molecule has 1 unspecified atom stereocenters. The third-order valence-electron chi connectivity index (χ3n) is 7.38. The van der Waals surface area contributed by atoms with Gasteiger partial charge in [-0.1, -0.05) is 70.2 Å². The van der Waals surface area contributed by atoms with Crippen molar-refractivity contribution in [3.05, 3.63) is 93.8 Å². The number of thiophene rings is 1. The molecule has 2 aromatic heterocycles. The number of carbonyl (C=O) groups is 1. The molecule has 0 saturated carbocycles. The maximum absolute atomic E-state index is 14.0. The molecule has 8 heteroatoms. The molecule has 204 valence electrons. The minimum Gasteiger partial charge on any atom is -0.330 e. The monoisotopic (exact) mass is 561 g/mol. The van der Waals surface area contributed by atoms with Gasteiger partial charge in [0.1, 0.15) is 4.90 Å². The number of benzene rings is 2. The molecule has 0 saturated heterocycles. The summed E-state index contributed by atoms with van der Waals surface area (Å²) in [6, 6.07) is 19.1. The first-order valence-electron chi connectivity index (χ1n) is 13.4. The smallest absolute Gasteiger partial charge is 0.245 e. The largest absolute Gasteiger partial charge is 0.330 e. The number of rotatable bonds is 7. The summed E-state index contributed by atoms with van der Waals surface area (Å²) < 4.78 is 29.1. The van der Waals surface area contributed by atoms with Crippen molar-refractivity contribution in [3.63, 3.8) is 0 Å². The lowest BCUT2D eigenvalue weighted by molar-refractivity contribution is -0.133. The van der Waals surface area contributed by atoms with Crippen LogP contribution in [0.25, 0.3) is 10.9 Å². The minimum absolute atomic E-state index is 0.0274. The van der Waals surface area contributed by atoms with Crippen LogP contribution in [0.5, 0.6) is 0 Å². The number of pyridine rings is 1. The Balaban J connectivity index is 1.48. The first kappa shape index (κ1) is 27.5. The SMILES string of the molecule is CCCN(CC(=O)N1CCc2sccc2C1c1ccc(C(C)(C)C)cc1)S(=O)(=O)c1cccc2cccnc12. The van der Waals surface area contributed by atoms with Crippen molar-refractivity contribution in [1.29, 1.82) is 0 Å².